The van der Waals surface area contributed by atoms with Crippen molar-refractivity contribution < 1.29 is 13.2 Å². The molecule has 0 aromatic carbocycles. The van der Waals surface area contributed by atoms with Gasteiger partial charge in [0.05, 0.1) is 17.7 Å². The second-order valence-electron chi connectivity index (χ2n) is 8.00. The first-order valence-electron chi connectivity index (χ1n) is 9.96. The van der Waals surface area contributed by atoms with Crippen LogP contribution in [0.3, 0.4) is 0 Å². The van der Waals surface area contributed by atoms with Crippen molar-refractivity contribution in [2.45, 2.75) is 29.9 Å². The molecular formula is C19H32N4O3S2. The van der Waals surface area contributed by atoms with Crippen molar-refractivity contribution in [2.24, 2.45) is 5.92 Å². The van der Waals surface area contributed by atoms with Crippen molar-refractivity contribution in [2.75, 3.05) is 65.2 Å². The second-order valence-corrected chi connectivity index (χ2v) is 11.0. The van der Waals surface area contributed by atoms with E-state index in [0.717, 1.165) is 50.1 Å². The maximum absolute atomic E-state index is 12.8. The standard InChI is InChI=1S/C19H32N4O3S2/c1-16(2)13-22-10-11-26-17(14-22)15-27-19-5-4-18(12-20-19)28(24,25)23-8-6-21(3)7-9-23/h4-5,12,16-17H,6-11,13-15H2,1-3H3/t17-/m1/s1. The number of morpholine rings is 1. The molecule has 3 rings (SSSR count). The van der Waals surface area contributed by atoms with Crippen LogP contribution in [-0.2, 0) is 14.8 Å². The largest absolute Gasteiger partial charge is 0.375 e. The summed E-state index contributed by atoms with van der Waals surface area (Å²) < 4.78 is 33.0. The van der Waals surface area contributed by atoms with Crippen molar-refractivity contribution >= 4 is 21.8 Å². The Labute approximate surface area is 173 Å². The first-order valence-corrected chi connectivity index (χ1v) is 12.4. The molecule has 7 nitrogen and oxygen atoms in total. The minimum absolute atomic E-state index is 0.188. The van der Waals surface area contributed by atoms with Gasteiger partial charge in [-0.25, -0.2) is 13.4 Å². The zero-order valence-corrected chi connectivity index (χ0v) is 18.7. The summed E-state index contributed by atoms with van der Waals surface area (Å²) in [6.07, 6.45) is 1.68. The van der Waals surface area contributed by atoms with Crippen LogP contribution in [-0.4, -0.2) is 98.8 Å². The molecule has 28 heavy (non-hydrogen) atoms. The molecule has 2 aliphatic rings. The molecule has 0 unspecified atom stereocenters. The Morgan fingerprint density at radius 2 is 1.96 bits per heavy atom. The number of nitrogens with zero attached hydrogens (tertiary/aromatic N) is 4. The van der Waals surface area contributed by atoms with Crippen molar-refractivity contribution in [1.29, 1.82) is 0 Å². The predicted molar refractivity (Wildman–Crippen MR) is 112 cm³/mol. The summed E-state index contributed by atoms with van der Waals surface area (Å²) in [5, 5.41) is 0.835. The first kappa shape index (κ1) is 22.0. The molecule has 1 atom stereocenters. The smallest absolute Gasteiger partial charge is 0.244 e. The molecule has 3 heterocycles. The molecule has 0 bridgehead atoms. The third kappa shape index (κ3) is 5.90. The van der Waals surface area contributed by atoms with E-state index in [-0.39, 0.29) is 11.0 Å². The highest BCUT2D eigenvalue weighted by Gasteiger charge is 2.28. The minimum Gasteiger partial charge on any atom is -0.375 e. The number of thioether (sulfide) groups is 1. The molecule has 1 aromatic rings. The van der Waals surface area contributed by atoms with E-state index >= 15 is 0 Å². The molecule has 0 N–H and O–H groups in total. The van der Waals surface area contributed by atoms with Gasteiger partial charge in [0, 0.05) is 57.8 Å². The molecule has 158 valence electrons. The Morgan fingerprint density at radius 3 is 2.61 bits per heavy atom. The Bertz CT molecular complexity index is 719. The minimum atomic E-state index is -3.45. The highest BCUT2D eigenvalue weighted by Crippen LogP contribution is 2.22. The molecule has 0 saturated carbocycles. The summed E-state index contributed by atoms with van der Waals surface area (Å²) >= 11 is 1.63. The molecule has 0 radical (unpaired) electrons. The Balaban J connectivity index is 1.53. The van der Waals surface area contributed by atoms with Crippen molar-refractivity contribution in [3.8, 4) is 0 Å². The summed E-state index contributed by atoms with van der Waals surface area (Å²) in [4.78, 5) is 9.26. The SMILES string of the molecule is CC(C)CN1CCO[C@@H](CSc2ccc(S(=O)(=O)N3CCN(C)CC3)cn2)C1. The van der Waals surface area contributed by atoms with E-state index in [9.17, 15) is 8.42 Å². The molecule has 2 saturated heterocycles. The number of piperazine rings is 1. The first-order chi connectivity index (χ1) is 13.3. The van der Waals surface area contributed by atoms with Gasteiger partial charge in [-0.3, -0.25) is 4.90 Å². The molecular weight excluding hydrogens is 396 g/mol. The topological polar surface area (TPSA) is 66.0 Å². The van der Waals surface area contributed by atoms with Crippen LogP contribution in [0.25, 0.3) is 0 Å². The third-order valence-electron chi connectivity index (χ3n) is 5.07. The van der Waals surface area contributed by atoms with Crippen LogP contribution in [0, 0.1) is 5.92 Å². The van der Waals surface area contributed by atoms with Crippen molar-refractivity contribution in [1.82, 2.24) is 19.1 Å². The quantitative estimate of drug-likeness (QED) is 0.609. The van der Waals surface area contributed by atoms with Crippen LogP contribution in [0.1, 0.15) is 13.8 Å². The van der Waals surface area contributed by atoms with E-state index in [0.29, 0.717) is 19.0 Å². The number of sulfonamides is 1. The van der Waals surface area contributed by atoms with Gasteiger partial charge < -0.3 is 9.64 Å². The van der Waals surface area contributed by atoms with E-state index in [1.54, 1.807) is 22.1 Å². The van der Waals surface area contributed by atoms with Crippen LogP contribution in [0.4, 0.5) is 0 Å². The molecule has 9 heteroatoms. The molecule has 0 amide bonds. The number of likely N-dealkylation sites (N-methyl/N-ethyl adjacent to an activating group) is 1. The van der Waals surface area contributed by atoms with Gasteiger partial charge >= 0.3 is 0 Å². The van der Waals surface area contributed by atoms with Gasteiger partial charge in [-0.05, 0) is 25.1 Å². The van der Waals surface area contributed by atoms with Gasteiger partial charge in [0.15, 0.2) is 0 Å². The lowest BCUT2D eigenvalue weighted by atomic mass is 10.2. The van der Waals surface area contributed by atoms with Crippen LogP contribution in [0.2, 0.25) is 0 Å². The lowest BCUT2D eigenvalue weighted by molar-refractivity contribution is -0.0191. The summed E-state index contributed by atoms with van der Waals surface area (Å²) in [7, 11) is -1.44. The van der Waals surface area contributed by atoms with Gasteiger partial charge in [0.2, 0.25) is 10.0 Å². The van der Waals surface area contributed by atoms with Gasteiger partial charge in [-0.2, -0.15) is 4.31 Å². The fraction of sp³-hybridized carbons (Fsp3) is 0.737. The fourth-order valence-corrected chi connectivity index (χ4v) is 5.74. The zero-order chi connectivity index (χ0) is 20.1. The number of hydrogen-bond acceptors (Lipinski definition) is 7. The average molecular weight is 429 g/mol. The predicted octanol–water partition coefficient (Wildman–Crippen LogP) is 1.47. The lowest BCUT2D eigenvalue weighted by Gasteiger charge is -2.33. The monoisotopic (exact) mass is 428 g/mol. The summed E-state index contributed by atoms with van der Waals surface area (Å²) in [6.45, 7) is 10.9. The Morgan fingerprint density at radius 1 is 1.21 bits per heavy atom. The Kier molecular flexibility index (Phi) is 7.74. The highest BCUT2D eigenvalue weighted by molar-refractivity contribution is 7.99. The van der Waals surface area contributed by atoms with E-state index < -0.39 is 10.0 Å². The summed E-state index contributed by atoms with van der Waals surface area (Å²) in [6, 6.07) is 3.48. The van der Waals surface area contributed by atoms with Crippen LogP contribution >= 0.6 is 11.8 Å². The van der Waals surface area contributed by atoms with Crippen LogP contribution < -0.4 is 0 Å². The van der Waals surface area contributed by atoms with Gasteiger partial charge in [0.1, 0.15) is 4.90 Å². The molecule has 1 aromatic heterocycles. The Hall–Kier alpha value is -0.710. The maximum atomic E-state index is 12.8. The van der Waals surface area contributed by atoms with E-state index in [2.05, 4.69) is 28.6 Å². The van der Waals surface area contributed by atoms with Crippen molar-refractivity contribution in [3.05, 3.63) is 18.3 Å². The fourth-order valence-electron chi connectivity index (χ4n) is 3.52. The van der Waals surface area contributed by atoms with E-state index in [1.165, 1.54) is 6.20 Å². The number of aromatic nitrogens is 1. The maximum Gasteiger partial charge on any atom is 0.244 e. The number of hydrogen-bond donors (Lipinski definition) is 0. The van der Waals surface area contributed by atoms with Gasteiger partial charge in [-0.1, -0.05) is 13.8 Å². The van der Waals surface area contributed by atoms with Crippen LogP contribution in [0.15, 0.2) is 28.3 Å². The van der Waals surface area contributed by atoms with Crippen LogP contribution in [0.5, 0.6) is 0 Å². The van der Waals surface area contributed by atoms with E-state index in [1.807, 2.05) is 13.1 Å². The zero-order valence-electron chi connectivity index (χ0n) is 17.1. The molecule has 2 aliphatic heterocycles. The highest BCUT2D eigenvalue weighted by atomic mass is 32.2. The lowest BCUT2D eigenvalue weighted by Crippen LogP contribution is -2.47. The van der Waals surface area contributed by atoms with E-state index in [4.69, 9.17) is 4.74 Å². The normalized spacial score (nSPS) is 23.4. The molecule has 0 aliphatic carbocycles. The summed E-state index contributed by atoms with van der Waals surface area (Å²) in [5.74, 6) is 1.48. The molecule has 2 fully saturated rings. The number of rotatable bonds is 7. The number of ether oxygens (including phenoxy) is 1. The van der Waals surface area contributed by atoms with Gasteiger partial charge in [-0.15, -0.1) is 11.8 Å². The van der Waals surface area contributed by atoms with Gasteiger partial charge in [0.25, 0.3) is 0 Å². The second kappa shape index (κ2) is 9.86. The summed E-state index contributed by atoms with van der Waals surface area (Å²) in [5.41, 5.74) is 0. The van der Waals surface area contributed by atoms with Crippen molar-refractivity contribution in [3.63, 3.8) is 0 Å². The average Bonchev–Trinajstić information content (AvgIpc) is 2.67. The third-order valence-corrected chi connectivity index (χ3v) is 8.03. The molecule has 0 spiro atoms. The number of pyridine rings is 1.